The van der Waals surface area contributed by atoms with E-state index >= 15 is 0 Å². The number of halogens is 3. The topological polar surface area (TPSA) is 50.7 Å². The molecule has 0 saturated carbocycles. The Morgan fingerprint density at radius 1 is 1.17 bits per heavy atom. The first kappa shape index (κ1) is 13.0. The molecule has 8 heteroatoms. The summed E-state index contributed by atoms with van der Waals surface area (Å²) in [5.74, 6) is -1.52. The van der Waals surface area contributed by atoms with Crippen molar-refractivity contribution in [2.75, 3.05) is 12.4 Å². The molecule has 18 heavy (non-hydrogen) atoms. The zero-order chi connectivity index (χ0) is 13.1. The van der Waals surface area contributed by atoms with Gasteiger partial charge in [0.05, 0.1) is 0 Å². The molecular weight excluding hydrogens is 282 g/mol. The molecule has 0 fully saturated rings. The highest BCUT2D eigenvalue weighted by molar-refractivity contribution is 7.99. The zero-order valence-corrected chi connectivity index (χ0v) is 10.7. The van der Waals surface area contributed by atoms with E-state index in [-0.39, 0.29) is 5.28 Å². The first-order valence-corrected chi connectivity index (χ1v) is 6.00. The molecule has 0 aliphatic rings. The second-order valence-electron chi connectivity index (χ2n) is 3.14. The highest BCUT2D eigenvalue weighted by Gasteiger charge is 2.08. The molecule has 0 aliphatic heterocycles. The normalized spacial score (nSPS) is 10.4. The van der Waals surface area contributed by atoms with Crippen LogP contribution in [0, 0.1) is 11.6 Å². The summed E-state index contributed by atoms with van der Waals surface area (Å²) in [5, 5.41) is 3.04. The summed E-state index contributed by atoms with van der Waals surface area (Å²) in [6.45, 7) is 0. The van der Waals surface area contributed by atoms with E-state index in [1.165, 1.54) is 6.07 Å². The van der Waals surface area contributed by atoms with E-state index in [0.717, 1.165) is 23.9 Å². The van der Waals surface area contributed by atoms with Crippen LogP contribution in [0.25, 0.3) is 0 Å². The maximum atomic E-state index is 13.0. The molecule has 2 rings (SSSR count). The van der Waals surface area contributed by atoms with Gasteiger partial charge in [-0.05, 0) is 41.6 Å². The number of benzene rings is 1. The number of hydrogen-bond acceptors (Lipinski definition) is 5. The summed E-state index contributed by atoms with van der Waals surface area (Å²) < 4.78 is 25.8. The Kier molecular flexibility index (Phi) is 3.93. The van der Waals surface area contributed by atoms with Gasteiger partial charge in [0.15, 0.2) is 16.8 Å². The summed E-state index contributed by atoms with van der Waals surface area (Å²) in [4.78, 5) is 12.2. The lowest BCUT2D eigenvalue weighted by Gasteiger charge is -2.03. The van der Waals surface area contributed by atoms with Gasteiger partial charge >= 0.3 is 0 Å². The Hall–Kier alpha value is -1.47. The number of rotatable bonds is 3. The lowest BCUT2D eigenvalue weighted by Crippen LogP contribution is -1.99. The molecule has 2 aromatic rings. The molecule has 0 unspecified atom stereocenters. The van der Waals surface area contributed by atoms with Crippen LogP contribution in [0.2, 0.25) is 5.28 Å². The lowest BCUT2D eigenvalue weighted by molar-refractivity contribution is 0.506. The number of nitrogens with one attached hydrogen (secondary N) is 1. The molecule has 0 bridgehead atoms. The van der Waals surface area contributed by atoms with Gasteiger partial charge in [0.25, 0.3) is 0 Å². The minimum Gasteiger partial charge on any atom is -0.357 e. The van der Waals surface area contributed by atoms with Crippen molar-refractivity contribution in [2.45, 2.75) is 10.1 Å². The van der Waals surface area contributed by atoms with Gasteiger partial charge in [-0.15, -0.1) is 0 Å². The third-order valence-corrected chi connectivity index (χ3v) is 2.94. The number of aromatic nitrogens is 3. The highest BCUT2D eigenvalue weighted by Crippen LogP contribution is 2.27. The van der Waals surface area contributed by atoms with Crippen LogP contribution in [-0.2, 0) is 0 Å². The second-order valence-corrected chi connectivity index (χ2v) is 4.52. The monoisotopic (exact) mass is 288 g/mol. The van der Waals surface area contributed by atoms with Crippen molar-refractivity contribution in [3.63, 3.8) is 0 Å². The third-order valence-electron chi connectivity index (χ3n) is 1.91. The Labute approximate surface area is 111 Å². The summed E-state index contributed by atoms with van der Waals surface area (Å²) in [5.41, 5.74) is 0. The van der Waals surface area contributed by atoms with Crippen LogP contribution in [0.4, 0.5) is 14.7 Å². The second kappa shape index (κ2) is 5.45. The quantitative estimate of drug-likeness (QED) is 0.941. The summed E-state index contributed by atoms with van der Waals surface area (Å²) >= 11 is 6.76. The fourth-order valence-corrected chi connectivity index (χ4v) is 2.12. The maximum Gasteiger partial charge on any atom is 0.228 e. The van der Waals surface area contributed by atoms with Crippen molar-refractivity contribution in [3.8, 4) is 0 Å². The van der Waals surface area contributed by atoms with Crippen LogP contribution in [-0.4, -0.2) is 22.0 Å². The van der Waals surface area contributed by atoms with Crippen molar-refractivity contribution in [3.05, 3.63) is 35.1 Å². The first-order valence-electron chi connectivity index (χ1n) is 4.80. The molecule has 0 spiro atoms. The minimum atomic E-state index is -0.922. The van der Waals surface area contributed by atoms with E-state index in [4.69, 9.17) is 11.6 Å². The van der Waals surface area contributed by atoms with Gasteiger partial charge in [-0.1, -0.05) is 0 Å². The lowest BCUT2D eigenvalue weighted by atomic mass is 10.3. The van der Waals surface area contributed by atoms with Gasteiger partial charge in [-0.25, -0.2) is 8.78 Å². The van der Waals surface area contributed by atoms with Gasteiger partial charge in [0.2, 0.25) is 11.2 Å². The van der Waals surface area contributed by atoms with E-state index in [9.17, 15) is 8.78 Å². The van der Waals surface area contributed by atoms with E-state index in [1.807, 2.05) is 0 Å². The molecule has 0 atom stereocenters. The van der Waals surface area contributed by atoms with Gasteiger partial charge < -0.3 is 5.32 Å². The van der Waals surface area contributed by atoms with Crippen molar-refractivity contribution in [2.24, 2.45) is 0 Å². The van der Waals surface area contributed by atoms with Crippen molar-refractivity contribution < 1.29 is 8.78 Å². The maximum absolute atomic E-state index is 13.0. The summed E-state index contributed by atoms with van der Waals surface area (Å²) in [6.07, 6.45) is 0. The first-order chi connectivity index (χ1) is 8.58. The third kappa shape index (κ3) is 3.05. The van der Waals surface area contributed by atoms with Gasteiger partial charge in [-0.2, -0.15) is 15.0 Å². The van der Waals surface area contributed by atoms with Crippen molar-refractivity contribution in [1.29, 1.82) is 0 Å². The molecule has 0 saturated heterocycles. The number of hydrogen-bond donors (Lipinski definition) is 1. The average Bonchev–Trinajstić information content (AvgIpc) is 2.33. The molecule has 1 aromatic carbocycles. The molecule has 0 radical (unpaired) electrons. The molecule has 94 valence electrons. The molecule has 1 heterocycles. The molecule has 1 aromatic heterocycles. The number of anilines is 1. The van der Waals surface area contributed by atoms with Gasteiger partial charge in [0, 0.05) is 11.9 Å². The van der Waals surface area contributed by atoms with Gasteiger partial charge in [0.1, 0.15) is 0 Å². The molecular formula is C10H7ClF2N4S. The number of nitrogens with zero attached hydrogens (tertiary/aromatic N) is 3. The summed E-state index contributed by atoms with van der Waals surface area (Å²) in [7, 11) is 1.64. The zero-order valence-electron chi connectivity index (χ0n) is 9.12. The Morgan fingerprint density at radius 2 is 1.94 bits per heavy atom. The fraction of sp³-hybridized carbons (Fsp3) is 0.100. The van der Waals surface area contributed by atoms with Crippen LogP contribution < -0.4 is 5.32 Å². The smallest absolute Gasteiger partial charge is 0.228 e. The van der Waals surface area contributed by atoms with Crippen LogP contribution in [0.3, 0.4) is 0 Å². The van der Waals surface area contributed by atoms with Crippen molar-refractivity contribution >= 4 is 29.3 Å². The van der Waals surface area contributed by atoms with Gasteiger partial charge in [-0.3, -0.25) is 0 Å². The Morgan fingerprint density at radius 3 is 2.61 bits per heavy atom. The average molecular weight is 289 g/mol. The Balaban J connectivity index is 2.27. The largest absolute Gasteiger partial charge is 0.357 e. The van der Waals surface area contributed by atoms with Crippen LogP contribution >= 0.6 is 23.4 Å². The van der Waals surface area contributed by atoms with Crippen LogP contribution in [0.5, 0.6) is 0 Å². The van der Waals surface area contributed by atoms with E-state index < -0.39 is 11.6 Å². The molecule has 4 nitrogen and oxygen atoms in total. The standard InChI is InChI=1S/C10H7ClF2N4S/c1-14-9-15-8(11)16-10(17-9)18-5-2-3-6(12)7(13)4-5/h2-4H,1H3,(H,14,15,16,17). The predicted molar refractivity (Wildman–Crippen MR) is 64.9 cm³/mol. The van der Waals surface area contributed by atoms with Crippen molar-refractivity contribution in [1.82, 2.24) is 15.0 Å². The van der Waals surface area contributed by atoms with E-state index in [2.05, 4.69) is 20.3 Å². The minimum absolute atomic E-state index is 0.0273. The molecule has 1 N–H and O–H groups in total. The predicted octanol–water partition coefficient (Wildman–Crippen LogP) is 3.00. The SMILES string of the molecule is CNc1nc(Cl)nc(Sc2ccc(F)c(F)c2)n1. The molecule has 0 aliphatic carbocycles. The highest BCUT2D eigenvalue weighted by atomic mass is 35.5. The van der Waals surface area contributed by atoms with Crippen LogP contribution in [0.15, 0.2) is 28.3 Å². The fourth-order valence-electron chi connectivity index (χ4n) is 1.14. The van der Waals surface area contributed by atoms with Crippen LogP contribution in [0.1, 0.15) is 0 Å². The Bertz CT molecular complexity index is 582. The van der Waals surface area contributed by atoms with E-state index in [1.54, 1.807) is 7.05 Å². The van der Waals surface area contributed by atoms with E-state index in [0.29, 0.717) is 16.0 Å². The summed E-state index contributed by atoms with van der Waals surface area (Å²) in [6, 6.07) is 3.54. The molecule has 0 amide bonds.